The van der Waals surface area contributed by atoms with Crippen molar-refractivity contribution >= 4 is 32.7 Å². The molecule has 0 atom stereocenters. The first-order valence-corrected chi connectivity index (χ1v) is 9.84. The lowest BCUT2D eigenvalue weighted by Gasteiger charge is -2.09. The lowest BCUT2D eigenvalue weighted by atomic mass is 10.1. The Morgan fingerprint density at radius 3 is 2.52 bits per heavy atom. The second kappa shape index (κ2) is 7.43. The molecule has 0 spiro atoms. The fraction of sp³-hybridized carbons (Fsp3) is 0.167. The maximum absolute atomic E-state index is 10.4. The third-order valence-electron chi connectivity index (χ3n) is 5.30. The van der Waals surface area contributed by atoms with E-state index in [-0.39, 0.29) is 0 Å². The van der Waals surface area contributed by atoms with E-state index < -0.39 is 0 Å². The summed E-state index contributed by atoms with van der Waals surface area (Å²) in [6.07, 6.45) is 3.42. The molecule has 29 heavy (non-hydrogen) atoms. The van der Waals surface area contributed by atoms with Gasteiger partial charge in [0.2, 0.25) is 5.88 Å². The number of phenols is 1. The Balaban J connectivity index is 1.31. The van der Waals surface area contributed by atoms with Crippen LogP contribution in [0.25, 0.3) is 32.7 Å². The summed E-state index contributed by atoms with van der Waals surface area (Å²) in [5.41, 5.74) is 3.10. The molecule has 3 aromatic carbocycles. The predicted molar refractivity (Wildman–Crippen MR) is 115 cm³/mol. The van der Waals surface area contributed by atoms with E-state index in [2.05, 4.69) is 32.7 Å². The molecule has 0 amide bonds. The molecule has 2 heterocycles. The number of phenolic OH excluding ortho intramolecular Hbond substituents is 1. The summed E-state index contributed by atoms with van der Waals surface area (Å²) < 4.78 is 8.21. The smallest absolute Gasteiger partial charge is 0.224 e. The van der Waals surface area contributed by atoms with Gasteiger partial charge in [-0.05, 0) is 43.2 Å². The van der Waals surface area contributed by atoms with E-state index in [1.165, 1.54) is 0 Å². The number of aryl methyl sites for hydroxylation is 1. The van der Waals surface area contributed by atoms with Crippen LogP contribution in [-0.2, 0) is 6.54 Å². The van der Waals surface area contributed by atoms with Gasteiger partial charge in [-0.3, -0.25) is 0 Å². The molecule has 1 N–H and O–H groups in total. The summed E-state index contributed by atoms with van der Waals surface area (Å²) in [6, 6.07) is 21.8. The number of rotatable bonds is 6. The third kappa shape index (κ3) is 3.14. The SMILES string of the molecule is Oc1cccc2c1c1ccccc1n2CCCCOc1ncnc2ccccc12. The lowest BCUT2D eigenvalue weighted by Crippen LogP contribution is -2.03. The minimum atomic E-state index is 0.330. The molecule has 0 saturated heterocycles. The molecule has 0 aliphatic carbocycles. The molecule has 0 bridgehead atoms. The highest BCUT2D eigenvalue weighted by Gasteiger charge is 2.12. The maximum Gasteiger partial charge on any atom is 0.224 e. The van der Waals surface area contributed by atoms with Crippen molar-refractivity contribution in [2.24, 2.45) is 0 Å². The molecule has 5 aromatic rings. The second-order valence-electron chi connectivity index (χ2n) is 7.09. The number of fused-ring (bicyclic) bond motifs is 4. The molecule has 5 heteroatoms. The van der Waals surface area contributed by atoms with Crippen LogP contribution in [0.5, 0.6) is 11.6 Å². The summed E-state index contributed by atoms with van der Waals surface area (Å²) in [6.45, 7) is 1.46. The molecule has 2 aromatic heterocycles. The standard InChI is InChI=1S/C24H21N3O2/c28-22-13-7-12-21-23(22)18-9-2-4-11-20(18)27(21)14-5-6-15-29-24-17-8-1-3-10-19(17)25-16-26-24/h1-4,7-13,16,28H,5-6,14-15H2. The zero-order chi connectivity index (χ0) is 19.6. The average molecular weight is 383 g/mol. The van der Waals surface area contributed by atoms with Gasteiger partial charge in [-0.25, -0.2) is 9.97 Å². The normalized spacial score (nSPS) is 11.4. The number of nitrogens with zero attached hydrogens (tertiary/aromatic N) is 3. The highest BCUT2D eigenvalue weighted by molar-refractivity contribution is 6.11. The van der Waals surface area contributed by atoms with Gasteiger partial charge >= 0.3 is 0 Å². The summed E-state index contributed by atoms with van der Waals surface area (Å²) in [5.74, 6) is 0.966. The first-order chi connectivity index (χ1) is 14.3. The van der Waals surface area contributed by atoms with Crippen LogP contribution in [0.4, 0.5) is 0 Å². The Kier molecular flexibility index (Phi) is 4.48. The van der Waals surface area contributed by atoms with Crippen molar-refractivity contribution in [3.63, 3.8) is 0 Å². The summed E-state index contributed by atoms with van der Waals surface area (Å²) in [5, 5.41) is 13.3. The van der Waals surface area contributed by atoms with E-state index in [1.54, 1.807) is 12.4 Å². The van der Waals surface area contributed by atoms with Crippen LogP contribution >= 0.6 is 0 Å². The molecule has 5 rings (SSSR count). The number of ether oxygens (including phenoxy) is 1. The van der Waals surface area contributed by atoms with E-state index in [0.717, 1.165) is 52.1 Å². The molecule has 5 nitrogen and oxygen atoms in total. The van der Waals surface area contributed by atoms with Crippen molar-refractivity contribution in [3.8, 4) is 11.6 Å². The summed E-state index contributed by atoms with van der Waals surface area (Å²) in [4.78, 5) is 8.55. The van der Waals surface area contributed by atoms with Gasteiger partial charge in [-0.1, -0.05) is 36.4 Å². The van der Waals surface area contributed by atoms with E-state index >= 15 is 0 Å². The molecule has 0 fully saturated rings. The Bertz CT molecular complexity index is 1300. The van der Waals surface area contributed by atoms with Crippen molar-refractivity contribution in [1.29, 1.82) is 0 Å². The van der Waals surface area contributed by atoms with Gasteiger partial charge < -0.3 is 14.4 Å². The van der Waals surface area contributed by atoms with Crippen LogP contribution in [0.1, 0.15) is 12.8 Å². The molecule has 0 aliphatic rings. The van der Waals surface area contributed by atoms with Gasteiger partial charge in [0.05, 0.1) is 23.0 Å². The van der Waals surface area contributed by atoms with Crippen molar-refractivity contribution in [3.05, 3.63) is 73.1 Å². The Hall–Kier alpha value is -3.60. The average Bonchev–Trinajstić information content (AvgIpc) is 3.08. The van der Waals surface area contributed by atoms with Crippen LogP contribution < -0.4 is 4.74 Å². The molecule has 0 unspecified atom stereocenters. The highest BCUT2D eigenvalue weighted by atomic mass is 16.5. The van der Waals surface area contributed by atoms with Crippen molar-refractivity contribution < 1.29 is 9.84 Å². The fourth-order valence-corrected chi connectivity index (χ4v) is 3.96. The molecular formula is C24H21N3O2. The molecule has 144 valence electrons. The lowest BCUT2D eigenvalue weighted by molar-refractivity contribution is 0.296. The van der Waals surface area contributed by atoms with Gasteiger partial charge in [-0.15, -0.1) is 0 Å². The van der Waals surface area contributed by atoms with Crippen LogP contribution in [0.3, 0.4) is 0 Å². The number of benzene rings is 3. The molecule has 0 radical (unpaired) electrons. The first kappa shape index (κ1) is 17.5. The number of aromatic hydroxyl groups is 1. The number of hydrogen-bond donors (Lipinski definition) is 1. The van der Waals surface area contributed by atoms with E-state index in [0.29, 0.717) is 18.2 Å². The fourth-order valence-electron chi connectivity index (χ4n) is 3.96. The van der Waals surface area contributed by atoms with Crippen LogP contribution in [0.2, 0.25) is 0 Å². The minimum Gasteiger partial charge on any atom is -0.507 e. The first-order valence-electron chi connectivity index (χ1n) is 9.84. The van der Waals surface area contributed by atoms with Crippen LogP contribution in [-0.4, -0.2) is 26.2 Å². The number of para-hydroxylation sites is 2. The molecule has 0 aliphatic heterocycles. The number of unbranched alkanes of at least 4 members (excludes halogenated alkanes) is 1. The molecule has 0 saturated carbocycles. The summed E-state index contributed by atoms with van der Waals surface area (Å²) in [7, 11) is 0. The Morgan fingerprint density at radius 1 is 0.793 bits per heavy atom. The quantitative estimate of drug-likeness (QED) is 0.404. The largest absolute Gasteiger partial charge is 0.507 e. The second-order valence-corrected chi connectivity index (χ2v) is 7.09. The van der Waals surface area contributed by atoms with Gasteiger partial charge in [-0.2, -0.15) is 0 Å². The topological polar surface area (TPSA) is 60.2 Å². The predicted octanol–water partition coefficient (Wildman–Crippen LogP) is 5.30. The van der Waals surface area contributed by atoms with Crippen molar-refractivity contribution in [2.75, 3.05) is 6.61 Å². The highest BCUT2D eigenvalue weighted by Crippen LogP contribution is 2.35. The maximum atomic E-state index is 10.4. The van der Waals surface area contributed by atoms with E-state index in [1.807, 2.05) is 42.5 Å². The van der Waals surface area contributed by atoms with Gasteiger partial charge in [0.1, 0.15) is 12.1 Å². The minimum absolute atomic E-state index is 0.330. The van der Waals surface area contributed by atoms with Gasteiger partial charge in [0.25, 0.3) is 0 Å². The number of aromatic nitrogens is 3. The van der Waals surface area contributed by atoms with E-state index in [9.17, 15) is 5.11 Å². The zero-order valence-corrected chi connectivity index (χ0v) is 16.0. The van der Waals surface area contributed by atoms with Crippen molar-refractivity contribution in [1.82, 2.24) is 14.5 Å². The third-order valence-corrected chi connectivity index (χ3v) is 5.30. The Labute approximate surface area is 168 Å². The van der Waals surface area contributed by atoms with E-state index in [4.69, 9.17) is 4.74 Å². The zero-order valence-electron chi connectivity index (χ0n) is 16.0. The van der Waals surface area contributed by atoms with Crippen molar-refractivity contribution in [2.45, 2.75) is 19.4 Å². The van der Waals surface area contributed by atoms with Gasteiger partial charge in [0, 0.05) is 22.8 Å². The van der Waals surface area contributed by atoms with Gasteiger partial charge in [0.15, 0.2) is 0 Å². The van der Waals surface area contributed by atoms with Crippen LogP contribution in [0, 0.1) is 0 Å². The number of hydrogen-bond acceptors (Lipinski definition) is 4. The summed E-state index contributed by atoms with van der Waals surface area (Å²) >= 11 is 0. The van der Waals surface area contributed by atoms with Crippen LogP contribution in [0.15, 0.2) is 73.1 Å². The monoisotopic (exact) mass is 383 g/mol. The molecular weight excluding hydrogens is 362 g/mol. The Morgan fingerprint density at radius 2 is 1.59 bits per heavy atom.